The molecule has 0 aliphatic rings. The van der Waals surface area contributed by atoms with Crippen LogP contribution in [0.4, 0.5) is 13.2 Å². The van der Waals surface area contributed by atoms with Gasteiger partial charge in [0, 0.05) is 13.6 Å². The molecule has 4 nitrogen and oxygen atoms in total. The Labute approximate surface area is 122 Å². The number of nitrogens with one attached hydrogen (secondary N) is 2. The Hall–Kier alpha value is -1.92. The highest BCUT2D eigenvalue weighted by Crippen LogP contribution is 2.18. The van der Waals surface area contributed by atoms with Crippen LogP contribution in [0.5, 0.6) is 5.75 Å². The van der Waals surface area contributed by atoms with E-state index >= 15 is 0 Å². The largest absolute Gasteiger partial charge is 0.489 e. The SMILES string of the molecule is CN=C(NCCC(F)(F)F)NCC(C)Oc1ccccc1. The molecule has 7 heteroatoms. The van der Waals surface area contributed by atoms with Gasteiger partial charge in [0.15, 0.2) is 5.96 Å². The van der Waals surface area contributed by atoms with Crippen molar-refractivity contribution in [3.05, 3.63) is 30.3 Å². The standard InChI is InChI=1S/C14H20F3N3O/c1-11(21-12-6-4-3-5-7-12)10-20-13(18-2)19-9-8-14(15,16)17/h3-7,11H,8-10H2,1-2H3,(H2,18,19,20). The molecule has 21 heavy (non-hydrogen) atoms. The van der Waals surface area contributed by atoms with Crippen LogP contribution < -0.4 is 15.4 Å². The molecule has 0 radical (unpaired) electrons. The molecule has 0 aliphatic heterocycles. The third-order valence-electron chi connectivity index (χ3n) is 2.56. The molecule has 0 saturated heterocycles. The number of halogens is 3. The minimum absolute atomic E-state index is 0.145. The summed E-state index contributed by atoms with van der Waals surface area (Å²) >= 11 is 0. The second kappa shape index (κ2) is 8.39. The number of nitrogens with zero attached hydrogens (tertiary/aromatic N) is 1. The number of ether oxygens (including phenoxy) is 1. The van der Waals surface area contributed by atoms with Crippen molar-refractivity contribution in [2.45, 2.75) is 25.6 Å². The van der Waals surface area contributed by atoms with Gasteiger partial charge in [0.05, 0.1) is 13.0 Å². The number of alkyl halides is 3. The van der Waals surface area contributed by atoms with Gasteiger partial charge in [0.2, 0.25) is 0 Å². The van der Waals surface area contributed by atoms with E-state index in [4.69, 9.17) is 4.74 Å². The lowest BCUT2D eigenvalue weighted by Crippen LogP contribution is -2.42. The van der Waals surface area contributed by atoms with E-state index in [1.165, 1.54) is 7.05 Å². The maximum absolute atomic E-state index is 12.0. The van der Waals surface area contributed by atoms with E-state index in [2.05, 4.69) is 15.6 Å². The Balaban J connectivity index is 2.28. The lowest BCUT2D eigenvalue weighted by Gasteiger charge is -2.18. The maximum atomic E-state index is 12.0. The number of hydrogen-bond acceptors (Lipinski definition) is 2. The van der Waals surface area contributed by atoms with Gasteiger partial charge in [-0.2, -0.15) is 13.2 Å². The summed E-state index contributed by atoms with van der Waals surface area (Å²) in [6.45, 7) is 2.08. The monoisotopic (exact) mass is 303 g/mol. The number of benzene rings is 1. The predicted octanol–water partition coefficient (Wildman–Crippen LogP) is 2.57. The fraction of sp³-hybridized carbons (Fsp3) is 0.500. The average molecular weight is 303 g/mol. The number of para-hydroxylation sites is 1. The summed E-state index contributed by atoms with van der Waals surface area (Å²) in [6.07, 6.45) is -5.21. The van der Waals surface area contributed by atoms with Gasteiger partial charge in [-0.15, -0.1) is 0 Å². The number of rotatable bonds is 6. The summed E-state index contributed by atoms with van der Waals surface area (Å²) in [7, 11) is 1.51. The van der Waals surface area contributed by atoms with Crippen LogP contribution in [0.15, 0.2) is 35.3 Å². The van der Waals surface area contributed by atoms with E-state index in [-0.39, 0.29) is 12.6 Å². The van der Waals surface area contributed by atoms with E-state index in [0.29, 0.717) is 12.5 Å². The van der Waals surface area contributed by atoms with Crippen LogP contribution in [0, 0.1) is 0 Å². The Morgan fingerprint density at radius 3 is 2.48 bits per heavy atom. The first-order valence-electron chi connectivity index (χ1n) is 6.63. The summed E-state index contributed by atoms with van der Waals surface area (Å²) in [5.41, 5.74) is 0. The van der Waals surface area contributed by atoms with E-state index in [1.807, 2.05) is 37.3 Å². The Morgan fingerprint density at radius 1 is 1.24 bits per heavy atom. The van der Waals surface area contributed by atoms with Crippen molar-refractivity contribution in [2.24, 2.45) is 4.99 Å². The molecule has 1 atom stereocenters. The summed E-state index contributed by atoms with van der Waals surface area (Å²) in [6, 6.07) is 9.31. The molecule has 2 N–H and O–H groups in total. The van der Waals surface area contributed by atoms with Crippen LogP contribution in [-0.2, 0) is 0 Å². The van der Waals surface area contributed by atoms with Crippen molar-refractivity contribution < 1.29 is 17.9 Å². The Bertz CT molecular complexity index is 435. The first-order chi connectivity index (χ1) is 9.90. The molecule has 0 saturated carbocycles. The fourth-order valence-electron chi connectivity index (χ4n) is 1.56. The summed E-state index contributed by atoms with van der Waals surface area (Å²) in [5.74, 6) is 1.06. The van der Waals surface area contributed by atoms with Gasteiger partial charge in [-0.25, -0.2) is 0 Å². The number of aliphatic imine (C=N–C) groups is 1. The second-order valence-electron chi connectivity index (χ2n) is 4.49. The van der Waals surface area contributed by atoms with Crippen molar-refractivity contribution in [3.63, 3.8) is 0 Å². The molecule has 1 aromatic rings. The van der Waals surface area contributed by atoms with Crippen LogP contribution in [0.25, 0.3) is 0 Å². The first kappa shape index (κ1) is 17.1. The number of guanidine groups is 1. The van der Waals surface area contributed by atoms with Gasteiger partial charge in [-0.3, -0.25) is 4.99 Å². The van der Waals surface area contributed by atoms with Crippen LogP contribution >= 0.6 is 0 Å². The third kappa shape index (κ3) is 8.06. The minimum atomic E-state index is -4.17. The lowest BCUT2D eigenvalue weighted by atomic mass is 10.3. The van der Waals surface area contributed by atoms with Gasteiger partial charge in [-0.05, 0) is 19.1 Å². The topological polar surface area (TPSA) is 45.7 Å². The van der Waals surface area contributed by atoms with Crippen molar-refractivity contribution in [1.82, 2.24) is 10.6 Å². The highest BCUT2D eigenvalue weighted by atomic mass is 19.4. The minimum Gasteiger partial charge on any atom is -0.489 e. The Kier molecular flexibility index (Phi) is 6.84. The molecule has 0 aliphatic carbocycles. The molecule has 1 aromatic carbocycles. The first-order valence-corrected chi connectivity index (χ1v) is 6.63. The zero-order chi connectivity index (χ0) is 15.7. The molecule has 0 amide bonds. The normalized spacial score (nSPS) is 13.7. The summed E-state index contributed by atoms with van der Waals surface area (Å²) in [5, 5.41) is 5.53. The quantitative estimate of drug-likeness (QED) is 0.627. The molecule has 1 unspecified atom stereocenters. The smallest absolute Gasteiger partial charge is 0.390 e. The summed E-state index contributed by atoms with van der Waals surface area (Å²) < 4.78 is 41.8. The maximum Gasteiger partial charge on any atom is 0.390 e. The zero-order valence-electron chi connectivity index (χ0n) is 12.1. The van der Waals surface area contributed by atoms with E-state index in [1.54, 1.807) is 0 Å². The van der Waals surface area contributed by atoms with Crippen LogP contribution in [-0.4, -0.2) is 38.4 Å². The molecule has 118 valence electrons. The van der Waals surface area contributed by atoms with E-state index < -0.39 is 12.6 Å². The molecular weight excluding hydrogens is 283 g/mol. The Morgan fingerprint density at radius 2 is 1.90 bits per heavy atom. The van der Waals surface area contributed by atoms with Gasteiger partial charge in [-0.1, -0.05) is 18.2 Å². The molecule has 0 heterocycles. The zero-order valence-corrected chi connectivity index (χ0v) is 12.1. The highest BCUT2D eigenvalue weighted by molar-refractivity contribution is 5.79. The van der Waals surface area contributed by atoms with Crippen LogP contribution in [0.2, 0.25) is 0 Å². The van der Waals surface area contributed by atoms with E-state index in [9.17, 15) is 13.2 Å². The lowest BCUT2D eigenvalue weighted by molar-refractivity contribution is -0.132. The van der Waals surface area contributed by atoms with Crippen LogP contribution in [0.3, 0.4) is 0 Å². The summed E-state index contributed by atoms with van der Waals surface area (Å²) in [4.78, 5) is 3.86. The van der Waals surface area contributed by atoms with Gasteiger partial charge in [0.25, 0.3) is 0 Å². The predicted molar refractivity (Wildman–Crippen MR) is 76.6 cm³/mol. The molecule has 0 aromatic heterocycles. The second-order valence-corrected chi connectivity index (χ2v) is 4.49. The van der Waals surface area contributed by atoms with Crippen LogP contribution in [0.1, 0.15) is 13.3 Å². The molecular formula is C14H20F3N3O. The third-order valence-corrected chi connectivity index (χ3v) is 2.56. The molecule has 0 bridgehead atoms. The molecule has 0 fully saturated rings. The number of hydrogen-bond donors (Lipinski definition) is 2. The van der Waals surface area contributed by atoms with Crippen molar-refractivity contribution in [2.75, 3.05) is 20.1 Å². The van der Waals surface area contributed by atoms with Crippen molar-refractivity contribution >= 4 is 5.96 Å². The van der Waals surface area contributed by atoms with Crippen molar-refractivity contribution in [1.29, 1.82) is 0 Å². The molecule has 0 spiro atoms. The van der Waals surface area contributed by atoms with Gasteiger partial charge < -0.3 is 15.4 Å². The molecule has 1 rings (SSSR count). The fourth-order valence-corrected chi connectivity index (χ4v) is 1.56. The highest BCUT2D eigenvalue weighted by Gasteiger charge is 2.26. The van der Waals surface area contributed by atoms with E-state index in [0.717, 1.165) is 5.75 Å². The average Bonchev–Trinajstić information content (AvgIpc) is 2.42. The van der Waals surface area contributed by atoms with Gasteiger partial charge >= 0.3 is 6.18 Å². The van der Waals surface area contributed by atoms with Crippen molar-refractivity contribution in [3.8, 4) is 5.75 Å². The van der Waals surface area contributed by atoms with Gasteiger partial charge in [0.1, 0.15) is 11.9 Å².